The molecule has 1 fully saturated rings. The average Bonchev–Trinajstić information content (AvgIpc) is 3.08. The van der Waals surface area contributed by atoms with Crippen molar-refractivity contribution in [3.63, 3.8) is 0 Å². The first-order valence-electron chi connectivity index (χ1n) is 11.6. The summed E-state index contributed by atoms with van der Waals surface area (Å²) in [6, 6.07) is 19.8. The van der Waals surface area contributed by atoms with Gasteiger partial charge in [0.05, 0.1) is 5.75 Å². The van der Waals surface area contributed by atoms with Gasteiger partial charge in [-0.3, -0.25) is 0 Å². The Morgan fingerprint density at radius 2 is 1.52 bits per heavy atom. The van der Waals surface area contributed by atoms with Crippen LogP contribution in [0.1, 0.15) is 41.6 Å². The lowest BCUT2D eigenvalue weighted by Crippen LogP contribution is -2.36. The molecule has 0 atom stereocenters. The van der Waals surface area contributed by atoms with Gasteiger partial charge in [-0.2, -0.15) is 4.31 Å². The van der Waals surface area contributed by atoms with E-state index in [1.54, 1.807) is 4.31 Å². The molecule has 1 saturated heterocycles. The fourth-order valence-electron chi connectivity index (χ4n) is 4.43. The van der Waals surface area contributed by atoms with Gasteiger partial charge in [-0.1, -0.05) is 67.6 Å². The zero-order chi connectivity index (χ0) is 23.3. The highest BCUT2D eigenvalue weighted by molar-refractivity contribution is 7.88. The van der Waals surface area contributed by atoms with E-state index >= 15 is 0 Å². The molecule has 4 rings (SSSR count). The van der Waals surface area contributed by atoms with Gasteiger partial charge in [-0.15, -0.1) is 0 Å². The van der Waals surface area contributed by atoms with Crippen molar-refractivity contribution in [2.45, 2.75) is 38.9 Å². The number of sulfonamides is 1. The topological polar surface area (TPSA) is 66.4 Å². The van der Waals surface area contributed by atoms with Crippen LogP contribution in [0.3, 0.4) is 0 Å². The Morgan fingerprint density at radius 3 is 2.18 bits per heavy atom. The van der Waals surface area contributed by atoms with E-state index < -0.39 is 10.0 Å². The third kappa shape index (κ3) is 5.78. The van der Waals surface area contributed by atoms with Crippen molar-refractivity contribution < 1.29 is 8.42 Å². The Balaban J connectivity index is 1.57. The maximum Gasteiger partial charge on any atom is 0.218 e. The van der Waals surface area contributed by atoms with Crippen molar-refractivity contribution in [3.8, 4) is 0 Å². The molecule has 1 aromatic heterocycles. The van der Waals surface area contributed by atoms with Crippen molar-refractivity contribution in [2.75, 3.05) is 31.1 Å². The molecule has 0 unspecified atom stereocenters. The smallest absolute Gasteiger partial charge is 0.218 e. The summed E-state index contributed by atoms with van der Waals surface area (Å²) in [7, 11) is -3.37. The van der Waals surface area contributed by atoms with Gasteiger partial charge in [0.25, 0.3) is 0 Å². The van der Waals surface area contributed by atoms with Crippen LogP contribution < -0.4 is 4.90 Å². The number of benzene rings is 2. The molecular weight excluding hydrogens is 432 g/mol. The Kier molecular flexibility index (Phi) is 7.40. The van der Waals surface area contributed by atoms with Crippen molar-refractivity contribution in [3.05, 3.63) is 88.9 Å². The minimum Gasteiger partial charge on any atom is -0.355 e. The molecule has 3 aromatic rings. The molecule has 6 nitrogen and oxygen atoms in total. The summed E-state index contributed by atoms with van der Waals surface area (Å²) in [5.74, 6) is 1.75. The molecule has 0 bridgehead atoms. The number of rotatable bonds is 7. The Hall–Kier alpha value is -2.77. The standard InChI is InChI=1S/C26H32N4O2S/c1-3-25-24(19-22-11-6-4-7-12-22)26(28-21(2)27-25)29-15-10-16-30(18-17-29)33(31,32)20-23-13-8-5-9-14-23/h4-9,11-14H,3,10,15-20H2,1-2H3. The molecule has 2 aromatic carbocycles. The van der Waals surface area contributed by atoms with Crippen molar-refractivity contribution in [1.82, 2.24) is 14.3 Å². The first kappa shape index (κ1) is 23.4. The summed E-state index contributed by atoms with van der Waals surface area (Å²) in [5.41, 5.74) is 4.26. The molecule has 0 saturated carbocycles. The van der Waals surface area contributed by atoms with Crippen LogP contribution in [0.4, 0.5) is 5.82 Å². The Bertz CT molecular complexity index is 1170. The van der Waals surface area contributed by atoms with Crippen molar-refractivity contribution >= 4 is 15.8 Å². The maximum atomic E-state index is 13.1. The molecule has 7 heteroatoms. The molecule has 33 heavy (non-hydrogen) atoms. The summed E-state index contributed by atoms with van der Waals surface area (Å²) in [6.45, 7) is 6.45. The van der Waals surface area contributed by atoms with E-state index in [9.17, 15) is 8.42 Å². The summed E-state index contributed by atoms with van der Waals surface area (Å²) in [5, 5.41) is 0. The fraction of sp³-hybridized carbons (Fsp3) is 0.385. The summed E-state index contributed by atoms with van der Waals surface area (Å²) < 4.78 is 27.8. The van der Waals surface area contributed by atoms with Gasteiger partial charge in [-0.25, -0.2) is 18.4 Å². The zero-order valence-electron chi connectivity index (χ0n) is 19.4. The van der Waals surface area contributed by atoms with E-state index in [2.05, 4.69) is 36.1 Å². The largest absolute Gasteiger partial charge is 0.355 e. The average molecular weight is 465 g/mol. The maximum absolute atomic E-state index is 13.1. The predicted molar refractivity (Wildman–Crippen MR) is 133 cm³/mol. The molecule has 0 N–H and O–H groups in total. The highest BCUT2D eigenvalue weighted by Gasteiger charge is 2.27. The lowest BCUT2D eigenvalue weighted by molar-refractivity contribution is 0.432. The second-order valence-electron chi connectivity index (χ2n) is 8.52. The van der Waals surface area contributed by atoms with E-state index in [-0.39, 0.29) is 5.75 Å². The van der Waals surface area contributed by atoms with Crippen LogP contribution in [-0.2, 0) is 28.6 Å². The highest BCUT2D eigenvalue weighted by atomic mass is 32.2. The molecule has 0 radical (unpaired) electrons. The quantitative estimate of drug-likeness (QED) is 0.529. The van der Waals surface area contributed by atoms with E-state index in [4.69, 9.17) is 9.97 Å². The van der Waals surface area contributed by atoms with Gasteiger partial charge in [0.1, 0.15) is 11.6 Å². The van der Waals surface area contributed by atoms with Crippen LogP contribution in [0, 0.1) is 6.92 Å². The number of aromatic nitrogens is 2. The van der Waals surface area contributed by atoms with Gasteiger partial charge in [-0.05, 0) is 30.9 Å². The van der Waals surface area contributed by atoms with Gasteiger partial charge < -0.3 is 4.90 Å². The van der Waals surface area contributed by atoms with Crippen LogP contribution in [0.15, 0.2) is 60.7 Å². The van der Waals surface area contributed by atoms with E-state index in [0.717, 1.165) is 54.3 Å². The van der Waals surface area contributed by atoms with Crippen LogP contribution in [0.5, 0.6) is 0 Å². The summed E-state index contributed by atoms with van der Waals surface area (Å²) in [4.78, 5) is 11.8. The van der Waals surface area contributed by atoms with Crippen LogP contribution in [0.2, 0.25) is 0 Å². The number of aryl methyl sites for hydroxylation is 2. The van der Waals surface area contributed by atoms with Crippen molar-refractivity contribution in [1.29, 1.82) is 0 Å². The van der Waals surface area contributed by atoms with Crippen LogP contribution in [0.25, 0.3) is 0 Å². The molecule has 0 spiro atoms. The molecule has 2 heterocycles. The van der Waals surface area contributed by atoms with E-state index in [1.165, 1.54) is 5.56 Å². The summed E-state index contributed by atoms with van der Waals surface area (Å²) in [6.07, 6.45) is 2.37. The molecule has 0 aliphatic carbocycles. The van der Waals surface area contributed by atoms with E-state index in [0.29, 0.717) is 19.6 Å². The highest BCUT2D eigenvalue weighted by Crippen LogP contribution is 2.26. The van der Waals surface area contributed by atoms with Crippen molar-refractivity contribution in [2.24, 2.45) is 0 Å². The normalized spacial score (nSPS) is 15.4. The number of anilines is 1. The number of hydrogen-bond acceptors (Lipinski definition) is 5. The van der Waals surface area contributed by atoms with Crippen LogP contribution in [-0.4, -0.2) is 48.9 Å². The first-order chi connectivity index (χ1) is 16.0. The zero-order valence-corrected chi connectivity index (χ0v) is 20.3. The Labute approximate surface area is 197 Å². The third-order valence-corrected chi connectivity index (χ3v) is 7.93. The fourth-order valence-corrected chi connectivity index (χ4v) is 6.00. The van der Waals surface area contributed by atoms with Gasteiger partial charge in [0, 0.05) is 43.9 Å². The van der Waals surface area contributed by atoms with Crippen LogP contribution >= 0.6 is 0 Å². The molecule has 1 aliphatic heterocycles. The second-order valence-corrected chi connectivity index (χ2v) is 10.5. The van der Waals surface area contributed by atoms with Gasteiger partial charge in [0.2, 0.25) is 10.0 Å². The first-order valence-corrected chi connectivity index (χ1v) is 13.2. The molecular formula is C26H32N4O2S. The lowest BCUT2D eigenvalue weighted by atomic mass is 10.0. The molecule has 1 aliphatic rings. The van der Waals surface area contributed by atoms with Gasteiger partial charge in [0.15, 0.2) is 0 Å². The van der Waals surface area contributed by atoms with E-state index in [1.807, 2.05) is 43.3 Å². The monoisotopic (exact) mass is 464 g/mol. The predicted octanol–water partition coefficient (Wildman–Crippen LogP) is 3.98. The Morgan fingerprint density at radius 1 is 0.848 bits per heavy atom. The molecule has 174 valence electrons. The van der Waals surface area contributed by atoms with Gasteiger partial charge >= 0.3 is 0 Å². The number of nitrogens with zero attached hydrogens (tertiary/aromatic N) is 4. The lowest BCUT2D eigenvalue weighted by Gasteiger charge is -2.26. The SMILES string of the molecule is CCc1nc(C)nc(N2CCCN(S(=O)(=O)Cc3ccccc3)CC2)c1Cc1ccccc1. The minimum absolute atomic E-state index is 0.0414. The second kappa shape index (κ2) is 10.4. The molecule has 0 amide bonds. The minimum atomic E-state index is -3.37. The third-order valence-electron chi connectivity index (χ3n) is 6.08. The summed E-state index contributed by atoms with van der Waals surface area (Å²) >= 11 is 0. The number of hydrogen-bond donors (Lipinski definition) is 0.